The molecule has 3 heteroatoms. The minimum absolute atomic E-state index is 0.0430. The van der Waals surface area contributed by atoms with Gasteiger partial charge in [0, 0.05) is 12.5 Å². The summed E-state index contributed by atoms with van der Waals surface area (Å²) < 4.78 is 24.7. The van der Waals surface area contributed by atoms with Crippen LogP contribution in [-0.4, -0.2) is 0 Å². The normalized spacial score (nSPS) is 18.3. The maximum Gasteiger partial charge on any atom is 0.139 e. The maximum absolute atomic E-state index is 12.4. The van der Waals surface area contributed by atoms with E-state index >= 15 is 0 Å². The average molecular weight is 141 g/mol. The third-order valence-corrected chi connectivity index (χ3v) is 1.32. The second kappa shape index (κ2) is 2.61. The van der Waals surface area contributed by atoms with Crippen LogP contribution in [0.15, 0.2) is 23.3 Å². The summed E-state index contributed by atoms with van der Waals surface area (Å²) in [5.41, 5.74) is 0.0430. The Balaban J connectivity index is 2.93. The van der Waals surface area contributed by atoms with Crippen LogP contribution in [0.1, 0.15) is 12.8 Å². The first-order chi connectivity index (χ1) is 4.74. The van der Waals surface area contributed by atoms with E-state index < -0.39 is 11.7 Å². The van der Waals surface area contributed by atoms with Gasteiger partial charge < -0.3 is 0 Å². The number of hydrogen-bond acceptors (Lipinski definition) is 1. The average Bonchev–Trinajstić information content (AvgIpc) is 1.88. The zero-order chi connectivity index (χ0) is 7.56. The fraction of sp³-hybridized carbons (Fsp3) is 0.286. The van der Waals surface area contributed by atoms with Gasteiger partial charge in [0.15, 0.2) is 0 Å². The zero-order valence-corrected chi connectivity index (χ0v) is 5.19. The number of nitrogens with zero attached hydrogens (tertiary/aromatic N) is 1. The molecule has 1 aliphatic rings. The number of allylic oxidation sites excluding steroid dienone is 4. The van der Waals surface area contributed by atoms with Crippen molar-refractivity contribution in [2.24, 2.45) is 0 Å². The lowest BCUT2D eigenvalue weighted by molar-refractivity contribution is 0.552. The van der Waals surface area contributed by atoms with E-state index in [4.69, 9.17) is 5.26 Å². The Morgan fingerprint density at radius 2 is 2.10 bits per heavy atom. The second-order valence-corrected chi connectivity index (χ2v) is 2.03. The summed E-state index contributed by atoms with van der Waals surface area (Å²) in [5, 5.41) is 8.25. The molecule has 1 nitrogen and oxygen atoms in total. The molecule has 0 N–H and O–H groups in total. The van der Waals surface area contributed by atoms with E-state index in [1.807, 2.05) is 0 Å². The van der Waals surface area contributed by atoms with Crippen molar-refractivity contribution in [1.29, 1.82) is 5.26 Å². The third-order valence-electron chi connectivity index (χ3n) is 1.32. The van der Waals surface area contributed by atoms with Gasteiger partial charge in [0.25, 0.3) is 0 Å². The van der Waals surface area contributed by atoms with E-state index in [0.717, 1.165) is 6.08 Å². The van der Waals surface area contributed by atoms with E-state index in [1.54, 1.807) is 6.07 Å². The molecule has 1 rings (SSSR count). The Morgan fingerprint density at radius 3 is 2.60 bits per heavy atom. The van der Waals surface area contributed by atoms with Crippen molar-refractivity contribution in [2.75, 3.05) is 0 Å². The fourth-order valence-corrected chi connectivity index (χ4v) is 0.770. The molecule has 0 heterocycles. The van der Waals surface area contributed by atoms with Crippen LogP contribution in [0, 0.1) is 11.3 Å². The lowest BCUT2D eigenvalue weighted by atomic mass is 10.1. The fourth-order valence-electron chi connectivity index (χ4n) is 0.770. The van der Waals surface area contributed by atoms with Gasteiger partial charge in [-0.25, -0.2) is 8.78 Å². The predicted molar refractivity (Wildman–Crippen MR) is 32.2 cm³/mol. The van der Waals surface area contributed by atoms with Crippen molar-refractivity contribution in [3.63, 3.8) is 0 Å². The van der Waals surface area contributed by atoms with Gasteiger partial charge in [0.05, 0.1) is 11.6 Å². The molecule has 0 aromatic heterocycles. The van der Waals surface area contributed by atoms with E-state index in [1.165, 1.54) is 0 Å². The minimum atomic E-state index is -0.730. The lowest BCUT2D eigenvalue weighted by Crippen LogP contribution is -1.91. The van der Waals surface area contributed by atoms with Gasteiger partial charge in [0.1, 0.15) is 11.7 Å². The zero-order valence-electron chi connectivity index (χ0n) is 5.19. The molecule has 0 aliphatic heterocycles. The summed E-state index contributed by atoms with van der Waals surface area (Å²) in [6.45, 7) is 0. The highest BCUT2D eigenvalue weighted by molar-refractivity contribution is 5.34. The molecule has 0 saturated carbocycles. The summed E-state index contributed by atoms with van der Waals surface area (Å²) in [4.78, 5) is 0. The Morgan fingerprint density at radius 1 is 1.40 bits per heavy atom. The summed E-state index contributed by atoms with van der Waals surface area (Å²) in [5.74, 6) is -1.22. The van der Waals surface area contributed by atoms with Gasteiger partial charge in [-0.15, -0.1) is 0 Å². The van der Waals surface area contributed by atoms with Crippen molar-refractivity contribution >= 4 is 0 Å². The molecule has 0 fully saturated rings. The summed E-state index contributed by atoms with van der Waals surface area (Å²) in [6.07, 6.45) is 1.10. The Labute approximate surface area is 57.3 Å². The molecular formula is C7H5F2N. The summed E-state index contributed by atoms with van der Waals surface area (Å²) >= 11 is 0. The first kappa shape index (κ1) is 6.94. The van der Waals surface area contributed by atoms with Crippen molar-refractivity contribution in [2.45, 2.75) is 12.8 Å². The number of hydrogen-bond donors (Lipinski definition) is 0. The summed E-state index contributed by atoms with van der Waals surface area (Å²) in [6, 6.07) is 1.67. The summed E-state index contributed by atoms with van der Waals surface area (Å²) in [7, 11) is 0. The van der Waals surface area contributed by atoms with Crippen LogP contribution in [0.2, 0.25) is 0 Å². The van der Waals surface area contributed by atoms with Gasteiger partial charge in [-0.3, -0.25) is 0 Å². The van der Waals surface area contributed by atoms with Crippen molar-refractivity contribution in [3.05, 3.63) is 23.3 Å². The van der Waals surface area contributed by atoms with E-state index in [0.29, 0.717) is 0 Å². The van der Waals surface area contributed by atoms with Gasteiger partial charge in [-0.2, -0.15) is 5.26 Å². The van der Waals surface area contributed by atoms with Crippen molar-refractivity contribution < 1.29 is 8.78 Å². The largest absolute Gasteiger partial charge is 0.212 e. The van der Waals surface area contributed by atoms with Crippen molar-refractivity contribution in [1.82, 2.24) is 0 Å². The van der Waals surface area contributed by atoms with Gasteiger partial charge >= 0.3 is 0 Å². The standard InChI is InChI=1S/C7H5F2N/c8-6-2-1-5(4-10)7(9)3-6/h3H,1-2H2. The molecule has 0 atom stereocenters. The van der Waals surface area contributed by atoms with Crippen LogP contribution < -0.4 is 0 Å². The maximum atomic E-state index is 12.4. The molecule has 0 aromatic carbocycles. The second-order valence-electron chi connectivity index (χ2n) is 2.03. The molecule has 0 bridgehead atoms. The first-order valence-corrected chi connectivity index (χ1v) is 2.89. The molecule has 1 aliphatic carbocycles. The highest BCUT2D eigenvalue weighted by Crippen LogP contribution is 2.24. The predicted octanol–water partition coefficient (Wildman–Crippen LogP) is 2.38. The quantitative estimate of drug-likeness (QED) is 0.508. The SMILES string of the molecule is N#CC1=C(F)C=C(F)CC1. The topological polar surface area (TPSA) is 23.8 Å². The molecule has 10 heavy (non-hydrogen) atoms. The van der Waals surface area contributed by atoms with Crippen LogP contribution in [0.4, 0.5) is 8.78 Å². The lowest BCUT2D eigenvalue weighted by Gasteiger charge is -2.03. The molecule has 0 saturated heterocycles. The van der Waals surface area contributed by atoms with E-state index in [9.17, 15) is 8.78 Å². The van der Waals surface area contributed by atoms with E-state index in [2.05, 4.69) is 0 Å². The molecule has 0 amide bonds. The molecule has 0 spiro atoms. The molecule has 52 valence electrons. The Kier molecular flexibility index (Phi) is 1.81. The molecule has 0 radical (unpaired) electrons. The van der Waals surface area contributed by atoms with Crippen LogP contribution in [0.5, 0.6) is 0 Å². The smallest absolute Gasteiger partial charge is 0.139 e. The van der Waals surface area contributed by atoms with Crippen LogP contribution in [0.25, 0.3) is 0 Å². The monoisotopic (exact) mass is 141 g/mol. The molecule has 0 unspecified atom stereocenters. The third kappa shape index (κ3) is 1.21. The minimum Gasteiger partial charge on any atom is -0.212 e. The highest BCUT2D eigenvalue weighted by Gasteiger charge is 2.11. The van der Waals surface area contributed by atoms with Crippen LogP contribution in [-0.2, 0) is 0 Å². The van der Waals surface area contributed by atoms with Crippen molar-refractivity contribution in [3.8, 4) is 6.07 Å². The van der Waals surface area contributed by atoms with Crippen LogP contribution in [0.3, 0.4) is 0 Å². The Hall–Kier alpha value is -1.17. The number of nitriles is 1. The molecular weight excluding hydrogens is 136 g/mol. The molecule has 0 aromatic rings. The van der Waals surface area contributed by atoms with E-state index in [-0.39, 0.29) is 18.4 Å². The van der Waals surface area contributed by atoms with Crippen LogP contribution >= 0.6 is 0 Å². The van der Waals surface area contributed by atoms with Gasteiger partial charge in [-0.05, 0) is 6.42 Å². The first-order valence-electron chi connectivity index (χ1n) is 2.89. The van der Waals surface area contributed by atoms with Gasteiger partial charge in [0.2, 0.25) is 0 Å². The Bertz CT molecular complexity index is 245. The van der Waals surface area contributed by atoms with Gasteiger partial charge in [-0.1, -0.05) is 0 Å². The highest BCUT2D eigenvalue weighted by atomic mass is 19.1. The number of rotatable bonds is 0. The number of halogens is 2.